The molecule has 0 aliphatic heterocycles. The van der Waals surface area contributed by atoms with Gasteiger partial charge in [-0.3, -0.25) is 0 Å². The van der Waals surface area contributed by atoms with E-state index in [1.165, 1.54) is 6.92 Å². The number of nitrogens with two attached hydrogens (primary N) is 1. The Hall–Kier alpha value is -1.42. The summed E-state index contributed by atoms with van der Waals surface area (Å²) in [5.41, 5.74) is 12.4. The van der Waals surface area contributed by atoms with Crippen LogP contribution in [-0.2, 0) is 4.74 Å². The van der Waals surface area contributed by atoms with Crippen LogP contribution >= 0.6 is 0 Å². The van der Waals surface area contributed by atoms with Crippen LogP contribution in [0.15, 0.2) is 5.11 Å². The van der Waals surface area contributed by atoms with Gasteiger partial charge in [-0.2, -0.15) is 0 Å². The van der Waals surface area contributed by atoms with E-state index in [4.69, 9.17) is 5.53 Å². The Bertz CT molecular complexity index is 150. The number of azide groups is 1. The molecule has 6 heteroatoms. The molecular weight excluding hydrogens is 124 g/mol. The Morgan fingerprint density at radius 2 is 2.56 bits per heavy atom. The quantitative estimate of drug-likeness (QED) is 0.338. The fourth-order valence-electron chi connectivity index (χ4n) is 0.264. The average molecular weight is 130 g/mol. The molecule has 0 saturated carbocycles. The lowest BCUT2D eigenvalue weighted by molar-refractivity contribution is 0.120. The molecule has 0 aliphatic rings. The summed E-state index contributed by atoms with van der Waals surface area (Å²) in [6, 6.07) is 0. The first-order chi connectivity index (χ1) is 4.16. The van der Waals surface area contributed by atoms with Gasteiger partial charge < -0.3 is 10.5 Å². The summed E-state index contributed by atoms with van der Waals surface area (Å²) < 4.78 is 4.21. The summed E-state index contributed by atoms with van der Waals surface area (Å²) in [5.74, 6) is 0. The van der Waals surface area contributed by atoms with Crippen LogP contribution in [0.5, 0.6) is 0 Å². The molecule has 1 atom stereocenters. The molecule has 0 radical (unpaired) electrons. The van der Waals surface area contributed by atoms with Crippen molar-refractivity contribution in [2.24, 2.45) is 10.8 Å². The van der Waals surface area contributed by atoms with E-state index < -0.39 is 12.3 Å². The first-order valence-corrected chi connectivity index (χ1v) is 2.17. The Balaban J connectivity index is 3.62. The number of hydrogen-bond donors (Lipinski definition) is 1. The third-order valence-electron chi connectivity index (χ3n) is 0.501. The molecular formula is C3H6N4O2. The minimum Gasteiger partial charge on any atom is -0.441 e. The van der Waals surface area contributed by atoms with E-state index in [0.717, 1.165) is 0 Å². The number of carbonyl (C=O) groups is 1. The van der Waals surface area contributed by atoms with Crippen molar-refractivity contribution in [3.63, 3.8) is 0 Å². The molecule has 9 heavy (non-hydrogen) atoms. The van der Waals surface area contributed by atoms with E-state index in [1.54, 1.807) is 0 Å². The minimum atomic E-state index is -0.949. The second-order valence-corrected chi connectivity index (χ2v) is 1.24. The van der Waals surface area contributed by atoms with Crippen LogP contribution in [0.4, 0.5) is 4.79 Å². The standard InChI is InChI=1S/C3H6N4O2/c1-2(6-7-5)9-3(4)8/h2H,1H3,(H2,4,8). The summed E-state index contributed by atoms with van der Waals surface area (Å²) in [6.45, 7) is 1.41. The first-order valence-electron chi connectivity index (χ1n) is 2.17. The van der Waals surface area contributed by atoms with Gasteiger partial charge in [-0.1, -0.05) is 0 Å². The van der Waals surface area contributed by atoms with Gasteiger partial charge >= 0.3 is 6.09 Å². The molecule has 0 aromatic heterocycles. The molecule has 6 nitrogen and oxygen atoms in total. The summed E-state index contributed by atoms with van der Waals surface area (Å²) in [7, 11) is 0. The highest BCUT2D eigenvalue weighted by atomic mass is 16.6. The van der Waals surface area contributed by atoms with Crippen molar-refractivity contribution in [3.05, 3.63) is 10.4 Å². The largest absolute Gasteiger partial charge is 0.441 e. The molecule has 1 amide bonds. The highest BCUT2D eigenvalue weighted by Crippen LogP contribution is 1.90. The Morgan fingerprint density at radius 3 is 2.89 bits per heavy atom. The van der Waals surface area contributed by atoms with Gasteiger partial charge in [-0.05, 0) is 17.6 Å². The van der Waals surface area contributed by atoms with Crippen LogP contribution in [-0.4, -0.2) is 12.3 Å². The molecule has 0 fully saturated rings. The predicted octanol–water partition coefficient (Wildman–Crippen LogP) is 0.738. The Labute approximate surface area is 51.2 Å². The lowest BCUT2D eigenvalue weighted by Crippen LogP contribution is -2.18. The number of ether oxygens (including phenoxy) is 1. The van der Waals surface area contributed by atoms with E-state index in [-0.39, 0.29) is 0 Å². The Morgan fingerprint density at radius 1 is 2.00 bits per heavy atom. The van der Waals surface area contributed by atoms with Crippen LogP contribution < -0.4 is 5.73 Å². The zero-order valence-electron chi connectivity index (χ0n) is 4.81. The van der Waals surface area contributed by atoms with Gasteiger partial charge in [-0.25, -0.2) is 4.79 Å². The predicted molar refractivity (Wildman–Crippen MR) is 29.3 cm³/mol. The lowest BCUT2D eigenvalue weighted by Gasteiger charge is -2.01. The van der Waals surface area contributed by atoms with Gasteiger partial charge in [0.15, 0.2) is 6.23 Å². The van der Waals surface area contributed by atoms with E-state index in [0.29, 0.717) is 0 Å². The molecule has 0 aromatic rings. The van der Waals surface area contributed by atoms with Crippen LogP contribution in [0.25, 0.3) is 10.4 Å². The molecule has 0 heterocycles. The third kappa shape index (κ3) is 4.43. The van der Waals surface area contributed by atoms with Crippen molar-refractivity contribution in [2.75, 3.05) is 0 Å². The van der Waals surface area contributed by atoms with Gasteiger partial charge in [0.05, 0.1) is 0 Å². The van der Waals surface area contributed by atoms with Gasteiger partial charge in [0.2, 0.25) is 0 Å². The second kappa shape index (κ2) is 3.57. The molecule has 0 bridgehead atoms. The third-order valence-corrected chi connectivity index (χ3v) is 0.501. The molecule has 0 saturated heterocycles. The van der Waals surface area contributed by atoms with Crippen molar-refractivity contribution in [3.8, 4) is 0 Å². The summed E-state index contributed by atoms with van der Waals surface area (Å²) >= 11 is 0. The number of hydrogen-bond acceptors (Lipinski definition) is 3. The molecule has 1 unspecified atom stereocenters. The van der Waals surface area contributed by atoms with E-state index >= 15 is 0 Å². The molecule has 50 valence electrons. The minimum absolute atomic E-state index is 0.826. The summed E-state index contributed by atoms with van der Waals surface area (Å²) in [4.78, 5) is 12.3. The van der Waals surface area contributed by atoms with Crippen molar-refractivity contribution in [1.82, 2.24) is 0 Å². The summed E-state index contributed by atoms with van der Waals surface area (Å²) in [5, 5.41) is 3.02. The van der Waals surface area contributed by atoms with E-state index in [9.17, 15) is 4.79 Å². The number of carbonyl (C=O) groups excluding carboxylic acids is 1. The lowest BCUT2D eigenvalue weighted by atomic mass is 10.7. The normalized spacial score (nSPS) is 11.2. The maximum Gasteiger partial charge on any atom is 0.404 e. The number of amides is 1. The molecule has 2 N–H and O–H groups in total. The molecule has 0 rings (SSSR count). The Kier molecular flexibility index (Phi) is 3.00. The maximum atomic E-state index is 9.90. The van der Waals surface area contributed by atoms with E-state index in [2.05, 4.69) is 20.5 Å². The topological polar surface area (TPSA) is 101 Å². The fourth-order valence-corrected chi connectivity index (χ4v) is 0.264. The summed E-state index contributed by atoms with van der Waals surface area (Å²) in [6.07, 6.45) is -1.78. The highest BCUT2D eigenvalue weighted by molar-refractivity contribution is 5.64. The zero-order chi connectivity index (χ0) is 7.28. The molecule has 0 aromatic carbocycles. The van der Waals surface area contributed by atoms with Gasteiger partial charge in [0.25, 0.3) is 0 Å². The van der Waals surface area contributed by atoms with Gasteiger partial charge in [-0.15, -0.1) is 0 Å². The average Bonchev–Trinajstić information content (AvgIpc) is 1.63. The number of rotatable bonds is 2. The SMILES string of the molecule is CC(N=[N+]=[N-])OC(N)=O. The van der Waals surface area contributed by atoms with Gasteiger partial charge in [0, 0.05) is 4.91 Å². The van der Waals surface area contributed by atoms with Crippen LogP contribution in [0.2, 0.25) is 0 Å². The van der Waals surface area contributed by atoms with Crippen LogP contribution in [0.1, 0.15) is 6.92 Å². The fraction of sp³-hybridized carbons (Fsp3) is 0.667. The number of primary amides is 1. The van der Waals surface area contributed by atoms with Crippen LogP contribution in [0.3, 0.4) is 0 Å². The monoisotopic (exact) mass is 130 g/mol. The smallest absolute Gasteiger partial charge is 0.404 e. The molecule has 0 aliphatic carbocycles. The zero-order valence-corrected chi connectivity index (χ0v) is 4.81. The van der Waals surface area contributed by atoms with Gasteiger partial charge in [0.1, 0.15) is 0 Å². The van der Waals surface area contributed by atoms with Crippen LogP contribution in [0, 0.1) is 0 Å². The van der Waals surface area contributed by atoms with E-state index in [1.807, 2.05) is 0 Å². The molecule has 0 spiro atoms. The van der Waals surface area contributed by atoms with Crippen molar-refractivity contribution >= 4 is 6.09 Å². The maximum absolute atomic E-state index is 9.90. The van der Waals surface area contributed by atoms with Crippen molar-refractivity contribution in [1.29, 1.82) is 0 Å². The first kappa shape index (κ1) is 7.58. The highest BCUT2D eigenvalue weighted by Gasteiger charge is 1.99. The second-order valence-electron chi connectivity index (χ2n) is 1.24. The van der Waals surface area contributed by atoms with Crippen molar-refractivity contribution < 1.29 is 9.53 Å². The van der Waals surface area contributed by atoms with Crippen molar-refractivity contribution in [2.45, 2.75) is 13.2 Å². The number of nitrogens with zero attached hydrogens (tertiary/aromatic N) is 3.